The molecule has 0 bridgehead atoms. The van der Waals surface area contributed by atoms with E-state index in [9.17, 15) is 45.3 Å². The summed E-state index contributed by atoms with van der Waals surface area (Å²) in [6, 6.07) is 0. The molecule has 2 heterocycles. The fourth-order valence-corrected chi connectivity index (χ4v) is 6.96. The fourth-order valence-electron chi connectivity index (χ4n) is 6.96. The van der Waals surface area contributed by atoms with Gasteiger partial charge in [-0.2, -0.15) is 0 Å². The zero-order valence-electron chi connectivity index (χ0n) is 38.9. The minimum atomic E-state index is -1.78. The fraction of sp³-hybridized carbons (Fsp3) is 0.720. The molecule has 0 aromatic rings. The van der Waals surface area contributed by atoms with Crippen LogP contribution in [0.15, 0.2) is 72.9 Å². The normalized spacial score (nSPS) is 27.0. The Morgan fingerprint density at radius 2 is 1.00 bits per heavy atom. The minimum absolute atomic E-state index is 0.0372. The first kappa shape index (κ1) is 58.1. The van der Waals surface area contributed by atoms with Gasteiger partial charge in [0.05, 0.1) is 19.8 Å². The quantitative estimate of drug-likeness (QED) is 0.0224. The van der Waals surface area contributed by atoms with Crippen molar-refractivity contribution in [3.63, 3.8) is 0 Å². The molecule has 0 aromatic heterocycles. The van der Waals surface area contributed by atoms with Gasteiger partial charge in [-0.05, 0) is 70.6 Å². The van der Waals surface area contributed by atoms with E-state index in [0.717, 1.165) is 64.2 Å². The lowest BCUT2D eigenvalue weighted by Gasteiger charge is -2.42. The SMILES string of the molecule is CC/C=C\C/C=C\C/C=C\C/C=C\CCC(=O)OC(COC(=O)CCCCCCC/C=C\C/C=C\CCCCCC)COC1OC(COC2OC(CO)C(O)C(O)C2O)C(O)C(O)C1O. The lowest BCUT2D eigenvalue weighted by Crippen LogP contribution is -2.61. The molecule has 0 amide bonds. The van der Waals surface area contributed by atoms with Gasteiger partial charge in [0, 0.05) is 12.8 Å². The van der Waals surface area contributed by atoms with Gasteiger partial charge in [0.1, 0.15) is 55.4 Å². The Bertz CT molecular complexity index is 1410. The summed E-state index contributed by atoms with van der Waals surface area (Å²) in [7, 11) is 0. The van der Waals surface area contributed by atoms with Crippen molar-refractivity contribution in [2.45, 2.75) is 203 Å². The van der Waals surface area contributed by atoms with Crippen LogP contribution in [0.3, 0.4) is 0 Å². The number of allylic oxidation sites excluding steroid dienone is 12. The predicted octanol–water partition coefficient (Wildman–Crippen LogP) is 5.87. The smallest absolute Gasteiger partial charge is 0.306 e. The summed E-state index contributed by atoms with van der Waals surface area (Å²) >= 11 is 0. The molecule has 65 heavy (non-hydrogen) atoms. The second kappa shape index (κ2) is 37.0. The second-order valence-corrected chi connectivity index (χ2v) is 16.5. The number of hydrogen-bond donors (Lipinski definition) is 7. The third-order valence-corrected chi connectivity index (χ3v) is 10.9. The van der Waals surface area contributed by atoms with Crippen molar-refractivity contribution in [2.75, 3.05) is 26.4 Å². The first-order chi connectivity index (χ1) is 31.5. The van der Waals surface area contributed by atoms with E-state index in [1.165, 1.54) is 25.7 Å². The maximum atomic E-state index is 12.9. The zero-order chi connectivity index (χ0) is 47.5. The molecule has 372 valence electrons. The molecule has 15 nitrogen and oxygen atoms in total. The van der Waals surface area contributed by atoms with Crippen LogP contribution in [0, 0.1) is 0 Å². The van der Waals surface area contributed by atoms with E-state index in [-0.39, 0.29) is 19.4 Å². The number of aliphatic hydroxyl groups is 7. The van der Waals surface area contributed by atoms with Crippen LogP contribution in [0.1, 0.15) is 136 Å². The van der Waals surface area contributed by atoms with Crippen LogP contribution in [0.5, 0.6) is 0 Å². The van der Waals surface area contributed by atoms with Crippen molar-refractivity contribution in [2.24, 2.45) is 0 Å². The lowest BCUT2D eigenvalue weighted by atomic mass is 9.98. The standard InChI is InChI=1S/C50H82O15/c1-3-5-7-9-11-13-15-17-18-19-21-22-24-26-28-30-32-41(52)60-35-38(63-42(53)33-31-29-27-25-23-20-16-14-12-10-8-6-4-2)36-61-49-48(59)46(57)44(55)40(65-49)37-62-50-47(58)45(56)43(54)39(34-51)64-50/h6,8,12-15,18-20,23,27,29,38-40,43-51,54-59H,3-5,7,9-11,16-17,21-22,24-26,28,30-37H2,1-2H3/b8-6-,14-12-,15-13-,19-18-,23-20-,29-27-. The summed E-state index contributed by atoms with van der Waals surface area (Å²) < 4.78 is 33.4. The summed E-state index contributed by atoms with van der Waals surface area (Å²) in [5, 5.41) is 71.9. The summed E-state index contributed by atoms with van der Waals surface area (Å²) in [5.41, 5.74) is 0. The molecule has 0 aromatic carbocycles. The minimum Gasteiger partial charge on any atom is -0.462 e. The summed E-state index contributed by atoms with van der Waals surface area (Å²) in [5.74, 6) is -1.04. The second-order valence-electron chi connectivity index (χ2n) is 16.5. The predicted molar refractivity (Wildman–Crippen MR) is 247 cm³/mol. The highest BCUT2D eigenvalue weighted by Gasteiger charge is 2.47. The van der Waals surface area contributed by atoms with Gasteiger partial charge >= 0.3 is 11.9 Å². The van der Waals surface area contributed by atoms with Crippen LogP contribution in [-0.2, 0) is 38.0 Å². The maximum absolute atomic E-state index is 12.9. The van der Waals surface area contributed by atoms with Gasteiger partial charge in [0.2, 0.25) is 0 Å². The maximum Gasteiger partial charge on any atom is 0.306 e. The van der Waals surface area contributed by atoms with Gasteiger partial charge in [-0.25, -0.2) is 0 Å². The van der Waals surface area contributed by atoms with Crippen LogP contribution in [0.25, 0.3) is 0 Å². The first-order valence-corrected chi connectivity index (χ1v) is 24.0. The molecular formula is C50H82O15. The van der Waals surface area contributed by atoms with E-state index in [1.54, 1.807) is 0 Å². The molecule has 0 radical (unpaired) electrons. The molecule has 2 saturated heterocycles. The van der Waals surface area contributed by atoms with E-state index in [2.05, 4.69) is 68.5 Å². The van der Waals surface area contributed by atoms with E-state index in [0.29, 0.717) is 19.3 Å². The molecule has 2 aliphatic heterocycles. The van der Waals surface area contributed by atoms with E-state index in [4.69, 9.17) is 28.4 Å². The van der Waals surface area contributed by atoms with Crippen molar-refractivity contribution in [3.8, 4) is 0 Å². The number of unbranched alkanes of at least 4 members (excludes halogenated alkanes) is 9. The molecule has 2 aliphatic rings. The molecule has 2 fully saturated rings. The molecule has 11 unspecified atom stereocenters. The van der Waals surface area contributed by atoms with Crippen molar-refractivity contribution in [3.05, 3.63) is 72.9 Å². The molecule has 2 rings (SSSR count). The lowest BCUT2D eigenvalue weighted by molar-refractivity contribution is -0.332. The highest BCUT2D eigenvalue weighted by molar-refractivity contribution is 5.70. The van der Waals surface area contributed by atoms with Crippen LogP contribution in [0.2, 0.25) is 0 Å². The third kappa shape index (κ3) is 25.6. The molecule has 0 spiro atoms. The summed E-state index contributed by atoms with van der Waals surface area (Å²) in [6.07, 6.45) is 25.3. The Balaban J connectivity index is 1.87. The van der Waals surface area contributed by atoms with Gasteiger partial charge < -0.3 is 64.2 Å². The molecule has 11 atom stereocenters. The number of carbonyl (C=O) groups is 2. The Hall–Kier alpha value is -3.06. The molecular weight excluding hydrogens is 841 g/mol. The Morgan fingerprint density at radius 1 is 0.508 bits per heavy atom. The number of ether oxygens (including phenoxy) is 6. The Labute approximate surface area is 387 Å². The van der Waals surface area contributed by atoms with Crippen molar-refractivity contribution in [1.29, 1.82) is 0 Å². The number of rotatable bonds is 35. The Kier molecular flexibility index (Phi) is 33.0. The topological polar surface area (TPSA) is 231 Å². The molecule has 0 saturated carbocycles. The zero-order valence-corrected chi connectivity index (χ0v) is 38.9. The summed E-state index contributed by atoms with van der Waals surface area (Å²) in [4.78, 5) is 25.6. The van der Waals surface area contributed by atoms with E-state index < -0.39 is 99.3 Å². The average molecular weight is 923 g/mol. The van der Waals surface area contributed by atoms with Gasteiger partial charge in [-0.15, -0.1) is 0 Å². The van der Waals surface area contributed by atoms with Crippen molar-refractivity contribution >= 4 is 11.9 Å². The summed E-state index contributed by atoms with van der Waals surface area (Å²) in [6.45, 7) is 2.33. The van der Waals surface area contributed by atoms with Crippen molar-refractivity contribution in [1.82, 2.24) is 0 Å². The number of esters is 2. The molecule has 7 N–H and O–H groups in total. The Morgan fingerprint density at radius 3 is 1.58 bits per heavy atom. The van der Waals surface area contributed by atoms with Crippen LogP contribution in [-0.4, -0.2) is 142 Å². The number of carbonyl (C=O) groups excluding carboxylic acids is 2. The van der Waals surface area contributed by atoms with Crippen LogP contribution >= 0.6 is 0 Å². The highest BCUT2D eigenvalue weighted by Crippen LogP contribution is 2.26. The van der Waals surface area contributed by atoms with E-state index in [1.807, 2.05) is 18.2 Å². The first-order valence-electron chi connectivity index (χ1n) is 24.0. The van der Waals surface area contributed by atoms with Gasteiger partial charge in [0.25, 0.3) is 0 Å². The monoisotopic (exact) mass is 923 g/mol. The average Bonchev–Trinajstić information content (AvgIpc) is 3.30. The van der Waals surface area contributed by atoms with Crippen LogP contribution < -0.4 is 0 Å². The number of aliphatic hydroxyl groups excluding tert-OH is 7. The third-order valence-electron chi connectivity index (χ3n) is 10.9. The number of hydrogen-bond acceptors (Lipinski definition) is 15. The van der Waals surface area contributed by atoms with Crippen molar-refractivity contribution < 1.29 is 73.8 Å². The molecule has 0 aliphatic carbocycles. The largest absolute Gasteiger partial charge is 0.462 e. The van der Waals surface area contributed by atoms with Gasteiger partial charge in [0.15, 0.2) is 18.7 Å². The molecule has 15 heteroatoms. The highest BCUT2D eigenvalue weighted by atomic mass is 16.7. The van der Waals surface area contributed by atoms with Gasteiger partial charge in [-0.3, -0.25) is 9.59 Å². The van der Waals surface area contributed by atoms with Crippen LogP contribution in [0.4, 0.5) is 0 Å². The van der Waals surface area contributed by atoms with E-state index >= 15 is 0 Å². The van der Waals surface area contributed by atoms with Gasteiger partial charge in [-0.1, -0.05) is 125 Å².